The zero-order chi connectivity index (χ0) is 23.5. The number of halogens is 3. The highest BCUT2D eigenvalue weighted by molar-refractivity contribution is 6.06. The molecule has 1 atom stereocenters. The van der Waals surface area contributed by atoms with Gasteiger partial charge in [0.2, 0.25) is 5.95 Å². The van der Waals surface area contributed by atoms with Crippen molar-refractivity contribution >= 4 is 29.2 Å². The first-order chi connectivity index (χ1) is 15.1. The van der Waals surface area contributed by atoms with Crippen LogP contribution in [0.15, 0.2) is 54.7 Å². The van der Waals surface area contributed by atoms with Gasteiger partial charge in [0.1, 0.15) is 17.3 Å². The van der Waals surface area contributed by atoms with Crippen molar-refractivity contribution in [3.8, 4) is 0 Å². The van der Waals surface area contributed by atoms with E-state index in [-0.39, 0.29) is 11.8 Å². The molecule has 7 nitrogen and oxygen atoms in total. The quantitative estimate of drug-likeness (QED) is 0.505. The van der Waals surface area contributed by atoms with E-state index in [2.05, 4.69) is 20.6 Å². The Hall–Kier alpha value is -3.66. The summed E-state index contributed by atoms with van der Waals surface area (Å²) < 4.78 is 41.4. The molecule has 0 fully saturated rings. The fourth-order valence-electron chi connectivity index (χ4n) is 2.67. The Bertz CT molecular complexity index is 1080. The fraction of sp³-hybridized carbons (Fsp3) is 0.227. The van der Waals surface area contributed by atoms with Crippen LogP contribution >= 0.6 is 0 Å². The molecule has 1 heterocycles. The molecule has 1 aromatic heterocycles. The molecule has 3 aromatic rings. The summed E-state index contributed by atoms with van der Waals surface area (Å²) in [5.74, 6) is -3.40. The number of urea groups is 1. The number of amides is 2. The monoisotopic (exact) mass is 445 g/mol. The average Bonchev–Trinajstić information content (AvgIpc) is 2.71. The maximum absolute atomic E-state index is 14.1. The molecule has 0 spiro atoms. The second-order valence-electron chi connectivity index (χ2n) is 7.60. The lowest BCUT2D eigenvalue weighted by atomic mass is 10.0. The van der Waals surface area contributed by atoms with Crippen LogP contribution in [0.1, 0.15) is 20.8 Å². The molecule has 0 saturated heterocycles. The Kier molecular flexibility index (Phi) is 6.64. The highest BCUT2D eigenvalue weighted by atomic mass is 19.1. The van der Waals surface area contributed by atoms with E-state index < -0.39 is 40.8 Å². The summed E-state index contributed by atoms with van der Waals surface area (Å²) in [4.78, 5) is 22.6. The third-order valence-corrected chi connectivity index (χ3v) is 4.73. The zero-order valence-electron chi connectivity index (χ0n) is 17.6. The molecule has 1 unspecified atom stereocenters. The number of anilines is 4. The Morgan fingerprint density at radius 2 is 1.72 bits per heavy atom. The van der Waals surface area contributed by atoms with E-state index in [4.69, 9.17) is 0 Å². The molecule has 168 valence electrons. The van der Waals surface area contributed by atoms with Crippen molar-refractivity contribution in [2.45, 2.75) is 32.4 Å². The van der Waals surface area contributed by atoms with Crippen molar-refractivity contribution in [2.24, 2.45) is 0 Å². The Labute approximate surface area is 182 Å². The number of para-hydroxylation sites is 1. The van der Waals surface area contributed by atoms with Crippen LogP contribution in [-0.4, -0.2) is 32.7 Å². The summed E-state index contributed by atoms with van der Waals surface area (Å²) in [7, 11) is 0. The number of aromatic nitrogens is 2. The van der Waals surface area contributed by atoms with Gasteiger partial charge >= 0.3 is 6.03 Å². The second-order valence-corrected chi connectivity index (χ2v) is 7.60. The predicted molar refractivity (Wildman–Crippen MR) is 115 cm³/mol. The summed E-state index contributed by atoms with van der Waals surface area (Å²) >= 11 is 0. The van der Waals surface area contributed by atoms with E-state index in [0.717, 1.165) is 4.90 Å². The van der Waals surface area contributed by atoms with Gasteiger partial charge in [-0.1, -0.05) is 18.2 Å². The first-order valence-electron chi connectivity index (χ1n) is 9.69. The lowest BCUT2D eigenvalue weighted by molar-refractivity contribution is 0.0646. The minimum Gasteiger partial charge on any atom is -0.388 e. The van der Waals surface area contributed by atoms with Crippen LogP contribution in [0.3, 0.4) is 0 Å². The van der Waals surface area contributed by atoms with Gasteiger partial charge in [0, 0.05) is 24.4 Å². The van der Waals surface area contributed by atoms with Gasteiger partial charge in [0.15, 0.2) is 11.6 Å². The van der Waals surface area contributed by atoms with Crippen molar-refractivity contribution in [2.75, 3.05) is 15.5 Å². The SMILES string of the molecule is CC(Nc1nccc(N(C(=O)Nc2c(F)cc(F)cc2F)c2ccccc2)n1)C(C)(C)O. The Morgan fingerprint density at radius 3 is 2.31 bits per heavy atom. The zero-order valence-corrected chi connectivity index (χ0v) is 17.6. The van der Waals surface area contributed by atoms with E-state index in [1.165, 1.54) is 12.3 Å². The van der Waals surface area contributed by atoms with Crippen LogP contribution in [-0.2, 0) is 0 Å². The number of rotatable bonds is 6. The number of hydrogen-bond donors (Lipinski definition) is 3. The number of carbonyl (C=O) groups is 1. The van der Waals surface area contributed by atoms with Crippen molar-refractivity contribution in [1.82, 2.24) is 9.97 Å². The minimum atomic E-state index is -1.26. The minimum absolute atomic E-state index is 0.0945. The highest BCUT2D eigenvalue weighted by Gasteiger charge is 2.25. The molecule has 2 amide bonds. The molecular formula is C22H22F3N5O2. The van der Waals surface area contributed by atoms with E-state index >= 15 is 0 Å². The third-order valence-electron chi connectivity index (χ3n) is 4.73. The van der Waals surface area contributed by atoms with Gasteiger partial charge in [0.05, 0.1) is 17.3 Å². The van der Waals surface area contributed by atoms with E-state index in [9.17, 15) is 23.1 Å². The number of benzene rings is 2. The van der Waals surface area contributed by atoms with Crippen molar-refractivity contribution in [3.63, 3.8) is 0 Å². The summed E-state index contributed by atoms with van der Waals surface area (Å²) in [6, 6.07) is 9.29. The third kappa shape index (κ3) is 5.33. The molecule has 0 aliphatic rings. The molecule has 32 heavy (non-hydrogen) atoms. The number of carbonyl (C=O) groups excluding carboxylic acids is 1. The molecule has 3 rings (SSSR count). The molecular weight excluding hydrogens is 423 g/mol. The van der Waals surface area contributed by atoms with Crippen LogP contribution in [0, 0.1) is 17.5 Å². The largest absolute Gasteiger partial charge is 0.388 e. The standard InChI is InChI=1S/C22H22F3N5O2/c1-13(22(2,3)32)27-20-26-10-9-18(28-20)30(15-7-5-4-6-8-15)21(31)29-19-16(24)11-14(23)12-17(19)25/h4-13,32H,1-3H3,(H,29,31)(H,26,27,28). The molecule has 0 saturated carbocycles. The van der Waals surface area contributed by atoms with Crippen LogP contribution < -0.4 is 15.5 Å². The van der Waals surface area contributed by atoms with Crippen molar-refractivity contribution in [3.05, 3.63) is 72.2 Å². The second kappa shape index (κ2) is 9.23. The average molecular weight is 445 g/mol. The summed E-state index contributed by atoms with van der Waals surface area (Å²) in [6.07, 6.45) is 1.39. The molecule has 2 aromatic carbocycles. The lowest BCUT2D eigenvalue weighted by Gasteiger charge is -2.27. The van der Waals surface area contributed by atoms with E-state index in [1.54, 1.807) is 51.1 Å². The van der Waals surface area contributed by atoms with Crippen molar-refractivity contribution < 1.29 is 23.1 Å². The van der Waals surface area contributed by atoms with Crippen LogP contribution in [0.4, 0.5) is 41.1 Å². The first-order valence-corrected chi connectivity index (χ1v) is 9.69. The number of nitrogens with one attached hydrogen (secondary N) is 2. The Morgan fingerprint density at radius 1 is 1.09 bits per heavy atom. The lowest BCUT2D eigenvalue weighted by Crippen LogP contribution is -2.40. The maximum atomic E-state index is 14.1. The van der Waals surface area contributed by atoms with Gasteiger partial charge in [0.25, 0.3) is 0 Å². The Balaban J connectivity index is 1.98. The molecule has 0 radical (unpaired) electrons. The number of nitrogens with zero attached hydrogens (tertiary/aromatic N) is 3. The van der Waals surface area contributed by atoms with Gasteiger partial charge in [-0.3, -0.25) is 0 Å². The molecule has 3 N–H and O–H groups in total. The van der Waals surface area contributed by atoms with Crippen LogP contribution in [0.5, 0.6) is 0 Å². The summed E-state index contributed by atoms with van der Waals surface area (Å²) in [5, 5.41) is 15.2. The van der Waals surface area contributed by atoms with Crippen molar-refractivity contribution in [1.29, 1.82) is 0 Å². The number of aliphatic hydroxyl groups is 1. The van der Waals surface area contributed by atoms with Gasteiger partial charge in [-0.25, -0.2) is 27.8 Å². The van der Waals surface area contributed by atoms with Gasteiger partial charge in [-0.2, -0.15) is 4.98 Å². The highest BCUT2D eigenvalue weighted by Crippen LogP contribution is 2.27. The van der Waals surface area contributed by atoms with Gasteiger partial charge in [-0.05, 0) is 32.9 Å². The van der Waals surface area contributed by atoms with Crippen LogP contribution in [0.25, 0.3) is 0 Å². The predicted octanol–water partition coefficient (Wildman–Crippen LogP) is 4.84. The molecule has 0 aliphatic heterocycles. The molecule has 0 aliphatic carbocycles. The molecule has 0 bridgehead atoms. The van der Waals surface area contributed by atoms with Gasteiger partial charge in [-0.15, -0.1) is 0 Å². The number of hydrogen-bond acceptors (Lipinski definition) is 5. The van der Waals surface area contributed by atoms with E-state index in [1.807, 2.05) is 0 Å². The smallest absolute Gasteiger partial charge is 0.332 e. The van der Waals surface area contributed by atoms with E-state index in [0.29, 0.717) is 17.8 Å². The first kappa shape index (κ1) is 23.0. The fourth-order valence-corrected chi connectivity index (χ4v) is 2.67. The maximum Gasteiger partial charge on any atom is 0.332 e. The molecule has 10 heteroatoms. The summed E-state index contributed by atoms with van der Waals surface area (Å²) in [6.45, 7) is 4.96. The normalized spacial score (nSPS) is 12.2. The van der Waals surface area contributed by atoms with Gasteiger partial charge < -0.3 is 15.7 Å². The van der Waals surface area contributed by atoms with Crippen LogP contribution in [0.2, 0.25) is 0 Å². The summed E-state index contributed by atoms with van der Waals surface area (Å²) in [5.41, 5.74) is -1.51. The topological polar surface area (TPSA) is 90.4 Å².